The van der Waals surface area contributed by atoms with Crippen LogP contribution in [0.2, 0.25) is 0 Å². The van der Waals surface area contributed by atoms with Crippen molar-refractivity contribution in [1.82, 2.24) is 19.5 Å². The van der Waals surface area contributed by atoms with Crippen molar-refractivity contribution in [2.24, 2.45) is 0 Å². The molecule has 2 aromatic heterocycles. The summed E-state index contributed by atoms with van der Waals surface area (Å²) in [7, 11) is 0. The van der Waals surface area contributed by atoms with Crippen LogP contribution in [0.5, 0.6) is 0 Å². The van der Waals surface area contributed by atoms with Gasteiger partial charge >= 0.3 is 0 Å². The molecule has 5 heteroatoms. The SMILES string of the molecule is Cc1ccc(-c2nc3cnc(N)nc3n2Cc2ccccc2)cc1. The minimum absolute atomic E-state index is 0.257. The van der Waals surface area contributed by atoms with Crippen molar-refractivity contribution in [3.63, 3.8) is 0 Å². The van der Waals surface area contributed by atoms with E-state index in [4.69, 9.17) is 10.7 Å². The molecule has 24 heavy (non-hydrogen) atoms. The molecule has 2 heterocycles. The third kappa shape index (κ3) is 2.60. The van der Waals surface area contributed by atoms with Gasteiger partial charge in [0.2, 0.25) is 5.95 Å². The van der Waals surface area contributed by atoms with Crippen LogP contribution in [-0.4, -0.2) is 19.5 Å². The van der Waals surface area contributed by atoms with Crippen LogP contribution in [0.3, 0.4) is 0 Å². The zero-order valence-electron chi connectivity index (χ0n) is 13.3. The van der Waals surface area contributed by atoms with Gasteiger partial charge in [0.25, 0.3) is 0 Å². The van der Waals surface area contributed by atoms with Crippen LogP contribution in [0.4, 0.5) is 5.95 Å². The van der Waals surface area contributed by atoms with Crippen molar-refractivity contribution in [3.05, 3.63) is 71.9 Å². The predicted molar refractivity (Wildman–Crippen MR) is 95.5 cm³/mol. The molecule has 0 unspecified atom stereocenters. The zero-order chi connectivity index (χ0) is 16.5. The second kappa shape index (κ2) is 5.77. The average molecular weight is 315 g/mol. The Hall–Kier alpha value is -3.21. The van der Waals surface area contributed by atoms with Crippen LogP contribution < -0.4 is 5.73 Å². The fourth-order valence-electron chi connectivity index (χ4n) is 2.77. The van der Waals surface area contributed by atoms with E-state index >= 15 is 0 Å². The molecule has 0 aliphatic heterocycles. The Labute approximate surface area is 139 Å². The Bertz CT molecular complexity index is 988. The van der Waals surface area contributed by atoms with Gasteiger partial charge in [-0.1, -0.05) is 60.2 Å². The minimum Gasteiger partial charge on any atom is -0.368 e. The third-order valence-electron chi connectivity index (χ3n) is 4.00. The van der Waals surface area contributed by atoms with E-state index in [1.165, 1.54) is 11.1 Å². The molecule has 0 aliphatic rings. The van der Waals surface area contributed by atoms with Gasteiger partial charge in [0.1, 0.15) is 11.3 Å². The molecule has 0 radical (unpaired) electrons. The Kier molecular flexibility index (Phi) is 3.46. The molecular weight excluding hydrogens is 298 g/mol. The molecule has 0 spiro atoms. The summed E-state index contributed by atoms with van der Waals surface area (Å²) < 4.78 is 2.09. The molecular formula is C19H17N5. The maximum atomic E-state index is 5.79. The summed E-state index contributed by atoms with van der Waals surface area (Å²) in [5.74, 6) is 1.13. The van der Waals surface area contributed by atoms with Crippen molar-refractivity contribution in [1.29, 1.82) is 0 Å². The summed E-state index contributed by atoms with van der Waals surface area (Å²) in [5.41, 5.74) is 10.7. The molecule has 0 bridgehead atoms. The van der Waals surface area contributed by atoms with Gasteiger partial charge in [0.15, 0.2) is 5.65 Å². The summed E-state index contributed by atoms with van der Waals surface area (Å²) in [5, 5.41) is 0. The van der Waals surface area contributed by atoms with Crippen molar-refractivity contribution >= 4 is 17.1 Å². The molecule has 2 aromatic carbocycles. The summed E-state index contributed by atoms with van der Waals surface area (Å²) in [6.45, 7) is 2.75. The lowest BCUT2D eigenvalue weighted by Crippen LogP contribution is -2.04. The van der Waals surface area contributed by atoms with Gasteiger partial charge in [0, 0.05) is 5.56 Å². The van der Waals surface area contributed by atoms with Crippen molar-refractivity contribution in [2.45, 2.75) is 13.5 Å². The van der Waals surface area contributed by atoms with Gasteiger partial charge in [-0.2, -0.15) is 4.98 Å². The number of anilines is 1. The van der Waals surface area contributed by atoms with E-state index in [0.717, 1.165) is 22.6 Å². The molecule has 0 saturated carbocycles. The topological polar surface area (TPSA) is 69.6 Å². The van der Waals surface area contributed by atoms with Gasteiger partial charge in [-0.25, -0.2) is 9.97 Å². The van der Waals surface area contributed by atoms with Gasteiger partial charge in [-0.05, 0) is 12.5 Å². The number of nitrogen functional groups attached to an aromatic ring is 1. The molecule has 4 aromatic rings. The van der Waals surface area contributed by atoms with Gasteiger partial charge < -0.3 is 10.3 Å². The van der Waals surface area contributed by atoms with E-state index < -0.39 is 0 Å². The first-order valence-electron chi connectivity index (χ1n) is 7.80. The number of nitrogens with two attached hydrogens (primary N) is 1. The van der Waals surface area contributed by atoms with E-state index in [1.807, 2.05) is 18.2 Å². The molecule has 4 rings (SSSR count). The van der Waals surface area contributed by atoms with Crippen LogP contribution >= 0.6 is 0 Å². The first-order valence-corrected chi connectivity index (χ1v) is 7.80. The second-order valence-electron chi connectivity index (χ2n) is 5.81. The highest BCUT2D eigenvalue weighted by Crippen LogP contribution is 2.25. The van der Waals surface area contributed by atoms with E-state index in [9.17, 15) is 0 Å². The largest absolute Gasteiger partial charge is 0.368 e. The molecule has 0 atom stereocenters. The van der Waals surface area contributed by atoms with Gasteiger partial charge in [-0.15, -0.1) is 0 Å². The standard InChI is InChI=1S/C19H17N5/c1-13-7-9-15(10-8-13)17-22-16-11-21-19(20)23-18(16)24(17)12-14-5-3-2-4-6-14/h2-11H,12H2,1H3,(H2,20,21,23). The van der Waals surface area contributed by atoms with Crippen LogP contribution in [0.1, 0.15) is 11.1 Å². The number of aryl methyl sites for hydroxylation is 1. The third-order valence-corrected chi connectivity index (χ3v) is 4.00. The van der Waals surface area contributed by atoms with E-state index in [-0.39, 0.29) is 5.95 Å². The monoisotopic (exact) mass is 315 g/mol. The fraction of sp³-hybridized carbons (Fsp3) is 0.105. The first kappa shape index (κ1) is 14.4. The molecule has 118 valence electrons. The Morgan fingerprint density at radius 2 is 1.71 bits per heavy atom. The van der Waals surface area contributed by atoms with Crippen LogP contribution in [0.15, 0.2) is 60.8 Å². The van der Waals surface area contributed by atoms with Crippen LogP contribution in [0, 0.1) is 6.92 Å². The van der Waals surface area contributed by atoms with E-state index in [0.29, 0.717) is 6.54 Å². The van der Waals surface area contributed by atoms with E-state index in [1.54, 1.807) is 6.20 Å². The summed E-state index contributed by atoms with van der Waals surface area (Å²) in [4.78, 5) is 13.2. The predicted octanol–water partition coefficient (Wildman–Crippen LogP) is 3.43. The van der Waals surface area contributed by atoms with E-state index in [2.05, 4.69) is 57.9 Å². The number of hydrogen-bond acceptors (Lipinski definition) is 4. The maximum absolute atomic E-state index is 5.79. The highest BCUT2D eigenvalue weighted by Gasteiger charge is 2.15. The smallest absolute Gasteiger partial charge is 0.222 e. The Morgan fingerprint density at radius 3 is 2.46 bits per heavy atom. The maximum Gasteiger partial charge on any atom is 0.222 e. The van der Waals surface area contributed by atoms with Gasteiger partial charge in [-0.3, -0.25) is 0 Å². The zero-order valence-corrected chi connectivity index (χ0v) is 13.3. The quantitative estimate of drug-likeness (QED) is 0.629. The first-order chi connectivity index (χ1) is 11.7. The number of nitrogens with zero attached hydrogens (tertiary/aromatic N) is 4. The van der Waals surface area contributed by atoms with Crippen molar-refractivity contribution in [3.8, 4) is 11.4 Å². The minimum atomic E-state index is 0.257. The number of imidazole rings is 1. The highest BCUT2D eigenvalue weighted by atomic mass is 15.2. The van der Waals surface area contributed by atoms with Crippen LogP contribution in [-0.2, 0) is 6.54 Å². The number of hydrogen-bond donors (Lipinski definition) is 1. The summed E-state index contributed by atoms with van der Waals surface area (Å²) in [6.07, 6.45) is 1.68. The normalized spacial score (nSPS) is 11.0. The number of fused-ring (bicyclic) bond motifs is 1. The molecule has 2 N–H and O–H groups in total. The fourth-order valence-corrected chi connectivity index (χ4v) is 2.77. The second-order valence-corrected chi connectivity index (χ2v) is 5.81. The highest BCUT2D eigenvalue weighted by molar-refractivity contribution is 5.77. The van der Waals surface area contributed by atoms with Crippen LogP contribution in [0.25, 0.3) is 22.6 Å². The average Bonchev–Trinajstić information content (AvgIpc) is 2.94. The Balaban J connectivity index is 1.91. The van der Waals surface area contributed by atoms with Gasteiger partial charge in [0.05, 0.1) is 12.7 Å². The number of aromatic nitrogens is 4. The molecule has 0 amide bonds. The van der Waals surface area contributed by atoms with Crippen molar-refractivity contribution in [2.75, 3.05) is 5.73 Å². The Morgan fingerprint density at radius 1 is 0.958 bits per heavy atom. The molecule has 0 aliphatic carbocycles. The van der Waals surface area contributed by atoms with Crippen molar-refractivity contribution < 1.29 is 0 Å². The lowest BCUT2D eigenvalue weighted by Gasteiger charge is -2.09. The number of benzene rings is 2. The number of rotatable bonds is 3. The molecule has 5 nitrogen and oxygen atoms in total. The molecule has 0 fully saturated rings. The summed E-state index contributed by atoms with van der Waals surface area (Å²) >= 11 is 0. The lowest BCUT2D eigenvalue weighted by molar-refractivity contribution is 0.823. The summed E-state index contributed by atoms with van der Waals surface area (Å²) in [6, 6.07) is 18.6. The lowest BCUT2D eigenvalue weighted by atomic mass is 10.1. The molecule has 0 saturated heterocycles.